The molecule has 0 amide bonds. The summed E-state index contributed by atoms with van der Waals surface area (Å²) in [6, 6.07) is 1.89. The minimum absolute atomic E-state index is 0.590. The van der Waals surface area contributed by atoms with Crippen molar-refractivity contribution in [3.05, 3.63) is 11.8 Å². The van der Waals surface area contributed by atoms with E-state index in [2.05, 4.69) is 37.7 Å². The van der Waals surface area contributed by atoms with Gasteiger partial charge in [-0.1, -0.05) is 22.9 Å². The standard InChI is InChI=1S/C14H22BrN3O/c1-4-19-13-9-10(2)16-14(17-13)18-7-5-12(6-8-18)11(3)15/h9,11-12H,4-8H2,1-3H3. The van der Waals surface area contributed by atoms with E-state index in [4.69, 9.17) is 4.74 Å². The third-order valence-corrected chi connectivity index (χ3v) is 4.33. The van der Waals surface area contributed by atoms with Crippen molar-refractivity contribution in [1.82, 2.24) is 9.97 Å². The van der Waals surface area contributed by atoms with Gasteiger partial charge in [-0.15, -0.1) is 0 Å². The fourth-order valence-electron chi connectivity index (χ4n) is 2.45. The first-order chi connectivity index (χ1) is 9.10. The van der Waals surface area contributed by atoms with Crippen LogP contribution in [0.4, 0.5) is 5.95 Å². The molecule has 1 atom stereocenters. The molecule has 1 fully saturated rings. The smallest absolute Gasteiger partial charge is 0.228 e. The number of ether oxygens (including phenoxy) is 1. The van der Waals surface area contributed by atoms with Crippen LogP contribution in [0, 0.1) is 12.8 Å². The zero-order valence-electron chi connectivity index (χ0n) is 11.9. The van der Waals surface area contributed by atoms with Crippen molar-refractivity contribution in [1.29, 1.82) is 0 Å². The van der Waals surface area contributed by atoms with Gasteiger partial charge < -0.3 is 9.64 Å². The minimum Gasteiger partial charge on any atom is -0.478 e. The Morgan fingerprint density at radius 3 is 2.68 bits per heavy atom. The molecule has 1 aliphatic heterocycles. The third-order valence-electron chi connectivity index (χ3n) is 3.58. The molecule has 2 rings (SSSR count). The summed E-state index contributed by atoms with van der Waals surface area (Å²) in [5, 5.41) is 0. The number of piperidine rings is 1. The van der Waals surface area contributed by atoms with Crippen molar-refractivity contribution < 1.29 is 4.74 Å². The topological polar surface area (TPSA) is 38.2 Å². The Labute approximate surface area is 123 Å². The second kappa shape index (κ2) is 6.55. The van der Waals surface area contributed by atoms with Gasteiger partial charge in [-0.05, 0) is 32.6 Å². The molecule has 1 unspecified atom stereocenters. The highest BCUT2D eigenvalue weighted by atomic mass is 79.9. The van der Waals surface area contributed by atoms with E-state index in [1.54, 1.807) is 0 Å². The van der Waals surface area contributed by atoms with Crippen LogP contribution in [0.15, 0.2) is 6.07 Å². The Bertz CT molecular complexity index is 417. The maximum atomic E-state index is 5.49. The molecule has 19 heavy (non-hydrogen) atoms. The van der Waals surface area contributed by atoms with Gasteiger partial charge in [-0.25, -0.2) is 4.98 Å². The van der Waals surface area contributed by atoms with Gasteiger partial charge in [-0.2, -0.15) is 4.98 Å². The van der Waals surface area contributed by atoms with Gasteiger partial charge in [0.25, 0.3) is 0 Å². The van der Waals surface area contributed by atoms with Crippen LogP contribution in [0.25, 0.3) is 0 Å². The van der Waals surface area contributed by atoms with Crippen molar-refractivity contribution >= 4 is 21.9 Å². The predicted molar refractivity (Wildman–Crippen MR) is 81.3 cm³/mol. The Hall–Kier alpha value is -0.840. The minimum atomic E-state index is 0.590. The van der Waals surface area contributed by atoms with Crippen molar-refractivity contribution in [2.24, 2.45) is 5.92 Å². The van der Waals surface area contributed by atoms with Gasteiger partial charge >= 0.3 is 0 Å². The second-order valence-corrected chi connectivity index (χ2v) is 6.53. The van der Waals surface area contributed by atoms with Crippen LogP contribution in [0.2, 0.25) is 0 Å². The molecule has 106 valence electrons. The van der Waals surface area contributed by atoms with Gasteiger partial charge in [0.2, 0.25) is 11.8 Å². The van der Waals surface area contributed by atoms with Crippen LogP contribution >= 0.6 is 15.9 Å². The molecule has 0 bridgehead atoms. The molecule has 0 aliphatic carbocycles. The van der Waals surface area contributed by atoms with Gasteiger partial charge in [0, 0.05) is 29.7 Å². The normalized spacial score (nSPS) is 18.4. The maximum absolute atomic E-state index is 5.49. The first-order valence-corrected chi connectivity index (χ1v) is 7.89. The van der Waals surface area contributed by atoms with E-state index in [0.29, 0.717) is 17.3 Å². The Balaban J connectivity index is 2.06. The number of hydrogen-bond donors (Lipinski definition) is 0. The monoisotopic (exact) mass is 327 g/mol. The van der Waals surface area contributed by atoms with E-state index in [1.165, 1.54) is 12.8 Å². The van der Waals surface area contributed by atoms with Gasteiger partial charge in [0.05, 0.1) is 6.61 Å². The molecule has 1 saturated heterocycles. The number of hydrogen-bond acceptors (Lipinski definition) is 4. The summed E-state index contributed by atoms with van der Waals surface area (Å²) >= 11 is 3.69. The molecule has 5 heteroatoms. The molecule has 0 N–H and O–H groups in total. The lowest BCUT2D eigenvalue weighted by atomic mass is 9.94. The van der Waals surface area contributed by atoms with E-state index in [9.17, 15) is 0 Å². The van der Waals surface area contributed by atoms with Gasteiger partial charge in [-0.3, -0.25) is 0 Å². The molecule has 2 heterocycles. The summed E-state index contributed by atoms with van der Waals surface area (Å²) in [6.45, 7) is 8.88. The highest BCUT2D eigenvalue weighted by Gasteiger charge is 2.24. The quantitative estimate of drug-likeness (QED) is 0.796. The summed E-state index contributed by atoms with van der Waals surface area (Å²) in [6.07, 6.45) is 2.38. The predicted octanol–water partition coefficient (Wildman–Crippen LogP) is 3.18. The van der Waals surface area contributed by atoms with Crippen LogP contribution in [0.3, 0.4) is 0 Å². The zero-order chi connectivity index (χ0) is 13.8. The van der Waals surface area contributed by atoms with Gasteiger partial charge in [0.15, 0.2) is 0 Å². The SMILES string of the molecule is CCOc1cc(C)nc(N2CCC(C(C)Br)CC2)n1. The average Bonchev–Trinajstić information content (AvgIpc) is 2.38. The molecule has 0 saturated carbocycles. The summed E-state index contributed by atoms with van der Waals surface area (Å²) in [7, 11) is 0. The number of halogens is 1. The van der Waals surface area contributed by atoms with Crippen LogP contribution in [0.1, 0.15) is 32.4 Å². The molecule has 1 aliphatic rings. The number of nitrogens with zero attached hydrogens (tertiary/aromatic N) is 3. The molecule has 0 spiro atoms. The lowest BCUT2D eigenvalue weighted by Crippen LogP contribution is -2.37. The Kier molecular flexibility index (Phi) is 5.02. The third kappa shape index (κ3) is 3.81. The summed E-state index contributed by atoms with van der Waals surface area (Å²) in [5.41, 5.74) is 0.962. The number of aromatic nitrogens is 2. The van der Waals surface area contributed by atoms with Crippen LogP contribution in [-0.2, 0) is 0 Å². The largest absolute Gasteiger partial charge is 0.478 e. The lowest BCUT2D eigenvalue weighted by Gasteiger charge is -2.33. The van der Waals surface area contributed by atoms with E-state index in [0.717, 1.165) is 30.6 Å². The lowest BCUT2D eigenvalue weighted by molar-refractivity contribution is 0.325. The molecule has 1 aromatic heterocycles. The molecular formula is C14H22BrN3O. The summed E-state index contributed by atoms with van der Waals surface area (Å²) in [5.74, 6) is 2.25. The van der Waals surface area contributed by atoms with Crippen LogP contribution in [0.5, 0.6) is 5.88 Å². The number of rotatable bonds is 4. The van der Waals surface area contributed by atoms with E-state index >= 15 is 0 Å². The van der Waals surface area contributed by atoms with Crippen LogP contribution in [-0.4, -0.2) is 34.5 Å². The summed E-state index contributed by atoms with van der Waals surface area (Å²) < 4.78 is 5.49. The first-order valence-electron chi connectivity index (χ1n) is 6.97. The van der Waals surface area contributed by atoms with E-state index < -0.39 is 0 Å². The Morgan fingerprint density at radius 1 is 1.42 bits per heavy atom. The van der Waals surface area contributed by atoms with Gasteiger partial charge in [0.1, 0.15) is 0 Å². The molecule has 4 nitrogen and oxygen atoms in total. The number of alkyl halides is 1. The molecule has 0 aromatic carbocycles. The van der Waals surface area contributed by atoms with Crippen molar-refractivity contribution in [3.8, 4) is 5.88 Å². The van der Waals surface area contributed by atoms with Crippen molar-refractivity contribution in [3.63, 3.8) is 0 Å². The molecule has 0 radical (unpaired) electrons. The van der Waals surface area contributed by atoms with Crippen molar-refractivity contribution in [2.45, 2.75) is 38.4 Å². The highest BCUT2D eigenvalue weighted by molar-refractivity contribution is 9.09. The molecule has 1 aromatic rings. The second-order valence-electron chi connectivity index (χ2n) is 5.08. The summed E-state index contributed by atoms with van der Waals surface area (Å²) in [4.78, 5) is 11.9. The number of anilines is 1. The number of aryl methyl sites for hydroxylation is 1. The first kappa shape index (κ1) is 14.6. The van der Waals surface area contributed by atoms with E-state index in [1.807, 2.05) is 19.9 Å². The average molecular weight is 328 g/mol. The highest BCUT2D eigenvalue weighted by Crippen LogP contribution is 2.27. The molecular weight excluding hydrogens is 306 g/mol. The fourth-order valence-corrected chi connectivity index (χ4v) is 2.98. The fraction of sp³-hybridized carbons (Fsp3) is 0.714. The van der Waals surface area contributed by atoms with Crippen molar-refractivity contribution in [2.75, 3.05) is 24.6 Å². The van der Waals surface area contributed by atoms with E-state index in [-0.39, 0.29) is 0 Å². The maximum Gasteiger partial charge on any atom is 0.228 e. The Morgan fingerprint density at radius 2 is 2.11 bits per heavy atom. The van der Waals surface area contributed by atoms with Crippen LogP contribution < -0.4 is 9.64 Å². The zero-order valence-corrected chi connectivity index (χ0v) is 13.5.